The van der Waals surface area contributed by atoms with Crippen LogP contribution in [0.25, 0.3) is 10.4 Å². The summed E-state index contributed by atoms with van der Waals surface area (Å²) in [6.07, 6.45) is -3.06. The van der Waals surface area contributed by atoms with E-state index in [0.717, 1.165) is 17.4 Å². The number of halogens is 4. The molecule has 0 aliphatic rings. The number of thiazole rings is 1. The molecule has 0 saturated carbocycles. The smallest absolute Gasteiger partial charge is 0.375 e. The van der Waals surface area contributed by atoms with Crippen molar-refractivity contribution in [2.24, 2.45) is 0 Å². The molecule has 0 aliphatic carbocycles. The maximum absolute atomic E-state index is 12.9. The number of hydrogen-bond acceptors (Lipinski definition) is 3. The Balaban J connectivity index is 2.61. The Morgan fingerprint density at radius 3 is 2.53 bits per heavy atom. The molecule has 0 saturated heterocycles. The Labute approximate surface area is 107 Å². The monoisotopic (exact) mass is 322 g/mol. The number of nitrogens with two attached hydrogens (primary N) is 1. The molecular formula is C10H6BrF3N2S. The molecule has 0 bridgehead atoms. The molecule has 0 atom stereocenters. The van der Waals surface area contributed by atoms with Crippen LogP contribution < -0.4 is 5.73 Å². The highest BCUT2D eigenvalue weighted by molar-refractivity contribution is 9.10. The van der Waals surface area contributed by atoms with Gasteiger partial charge < -0.3 is 5.73 Å². The van der Waals surface area contributed by atoms with Crippen molar-refractivity contribution in [3.05, 3.63) is 34.4 Å². The molecule has 2 nitrogen and oxygen atoms in total. The summed E-state index contributed by atoms with van der Waals surface area (Å²) in [7, 11) is 0. The van der Waals surface area contributed by atoms with E-state index in [-0.39, 0.29) is 10.7 Å². The fourth-order valence-electron chi connectivity index (χ4n) is 1.38. The van der Waals surface area contributed by atoms with Crippen molar-refractivity contribution >= 4 is 32.4 Å². The SMILES string of the molecule is Nc1ncc(-c2ccc(Br)cc2C(F)(F)F)s1. The third kappa shape index (κ3) is 2.61. The second-order valence-corrected chi connectivity index (χ2v) is 5.23. The summed E-state index contributed by atoms with van der Waals surface area (Å²) >= 11 is 4.06. The Morgan fingerprint density at radius 1 is 1.29 bits per heavy atom. The molecule has 1 aromatic carbocycles. The Kier molecular flexibility index (Phi) is 3.13. The normalized spacial score (nSPS) is 11.8. The van der Waals surface area contributed by atoms with Crippen LogP contribution in [-0.4, -0.2) is 4.98 Å². The fourth-order valence-corrected chi connectivity index (χ4v) is 2.46. The quantitative estimate of drug-likeness (QED) is 0.855. The summed E-state index contributed by atoms with van der Waals surface area (Å²) in [5.41, 5.74) is 4.82. The van der Waals surface area contributed by atoms with Crippen LogP contribution in [0.15, 0.2) is 28.9 Å². The Hall–Kier alpha value is -1.08. The molecule has 0 radical (unpaired) electrons. The second-order valence-electron chi connectivity index (χ2n) is 3.25. The third-order valence-electron chi connectivity index (χ3n) is 2.08. The maximum Gasteiger partial charge on any atom is 0.417 e. The molecule has 17 heavy (non-hydrogen) atoms. The molecule has 7 heteroatoms. The first-order valence-electron chi connectivity index (χ1n) is 4.46. The van der Waals surface area contributed by atoms with E-state index in [4.69, 9.17) is 5.73 Å². The molecule has 2 rings (SSSR count). The predicted molar refractivity (Wildman–Crippen MR) is 64.7 cm³/mol. The number of rotatable bonds is 1. The summed E-state index contributed by atoms with van der Waals surface area (Å²) < 4.78 is 38.9. The van der Waals surface area contributed by atoms with Crippen LogP contribution in [-0.2, 0) is 6.18 Å². The molecule has 1 heterocycles. The topological polar surface area (TPSA) is 38.9 Å². The first-order valence-corrected chi connectivity index (χ1v) is 6.07. The fraction of sp³-hybridized carbons (Fsp3) is 0.100. The standard InChI is InChI=1S/C10H6BrF3N2S/c11-5-1-2-6(7(3-5)10(12,13)14)8-4-16-9(15)17-8/h1-4H,(H2,15,16). The van der Waals surface area contributed by atoms with E-state index in [2.05, 4.69) is 20.9 Å². The zero-order valence-electron chi connectivity index (χ0n) is 8.25. The summed E-state index contributed by atoms with van der Waals surface area (Å²) in [6, 6.07) is 4.01. The van der Waals surface area contributed by atoms with E-state index >= 15 is 0 Å². The number of nitrogens with zero attached hydrogens (tertiary/aromatic N) is 1. The van der Waals surface area contributed by atoms with Crippen LogP contribution in [0, 0.1) is 0 Å². The van der Waals surface area contributed by atoms with Gasteiger partial charge in [0.15, 0.2) is 5.13 Å². The van der Waals surface area contributed by atoms with Gasteiger partial charge in [-0.1, -0.05) is 33.3 Å². The van der Waals surface area contributed by atoms with Crippen LogP contribution in [0.5, 0.6) is 0 Å². The number of anilines is 1. The molecule has 0 amide bonds. The van der Waals surface area contributed by atoms with Gasteiger partial charge in [0.05, 0.1) is 10.4 Å². The first kappa shape index (κ1) is 12.4. The Morgan fingerprint density at radius 2 is 2.00 bits per heavy atom. The highest BCUT2D eigenvalue weighted by Gasteiger charge is 2.34. The van der Waals surface area contributed by atoms with E-state index < -0.39 is 11.7 Å². The largest absolute Gasteiger partial charge is 0.417 e. The summed E-state index contributed by atoms with van der Waals surface area (Å²) in [5.74, 6) is 0. The molecule has 2 aromatic rings. The summed E-state index contributed by atoms with van der Waals surface area (Å²) in [4.78, 5) is 4.16. The lowest BCUT2D eigenvalue weighted by molar-refractivity contribution is -0.137. The lowest BCUT2D eigenvalue weighted by atomic mass is 10.1. The van der Waals surface area contributed by atoms with Crippen LogP contribution in [0.1, 0.15) is 5.56 Å². The van der Waals surface area contributed by atoms with Gasteiger partial charge in [-0.15, -0.1) is 0 Å². The van der Waals surface area contributed by atoms with Gasteiger partial charge in [0.25, 0.3) is 0 Å². The van der Waals surface area contributed by atoms with Crippen LogP contribution in [0.4, 0.5) is 18.3 Å². The van der Waals surface area contributed by atoms with Crippen molar-refractivity contribution in [2.75, 3.05) is 5.73 Å². The van der Waals surface area contributed by atoms with E-state index in [0.29, 0.717) is 9.35 Å². The van der Waals surface area contributed by atoms with Crippen molar-refractivity contribution in [2.45, 2.75) is 6.18 Å². The van der Waals surface area contributed by atoms with Gasteiger partial charge >= 0.3 is 6.18 Å². The van der Waals surface area contributed by atoms with Gasteiger partial charge in [0, 0.05) is 16.2 Å². The van der Waals surface area contributed by atoms with Gasteiger partial charge in [-0.05, 0) is 12.1 Å². The van der Waals surface area contributed by atoms with Gasteiger partial charge in [-0.25, -0.2) is 4.98 Å². The number of alkyl halides is 3. The minimum absolute atomic E-state index is 0.0925. The molecule has 0 aliphatic heterocycles. The van der Waals surface area contributed by atoms with Gasteiger partial charge in [0.1, 0.15) is 0 Å². The number of nitrogen functional groups attached to an aromatic ring is 1. The number of benzene rings is 1. The first-order chi connectivity index (χ1) is 7.88. The van der Waals surface area contributed by atoms with E-state index in [1.807, 2.05) is 0 Å². The molecule has 90 valence electrons. The molecular weight excluding hydrogens is 317 g/mol. The predicted octanol–water partition coefficient (Wildman–Crippen LogP) is 4.17. The average Bonchev–Trinajstić information content (AvgIpc) is 2.63. The van der Waals surface area contributed by atoms with Crippen molar-refractivity contribution in [3.63, 3.8) is 0 Å². The molecule has 2 N–H and O–H groups in total. The molecule has 1 aromatic heterocycles. The van der Waals surface area contributed by atoms with Crippen molar-refractivity contribution < 1.29 is 13.2 Å². The maximum atomic E-state index is 12.9. The van der Waals surface area contributed by atoms with Gasteiger partial charge in [-0.3, -0.25) is 0 Å². The van der Waals surface area contributed by atoms with Crippen molar-refractivity contribution in [3.8, 4) is 10.4 Å². The second kappa shape index (κ2) is 4.30. The highest BCUT2D eigenvalue weighted by atomic mass is 79.9. The zero-order valence-corrected chi connectivity index (χ0v) is 10.7. The minimum atomic E-state index is -4.40. The van der Waals surface area contributed by atoms with Crippen molar-refractivity contribution in [1.29, 1.82) is 0 Å². The van der Waals surface area contributed by atoms with Crippen LogP contribution in [0.3, 0.4) is 0 Å². The number of aromatic nitrogens is 1. The van der Waals surface area contributed by atoms with E-state index in [9.17, 15) is 13.2 Å². The third-order valence-corrected chi connectivity index (χ3v) is 3.43. The summed E-state index contributed by atoms with van der Waals surface area (Å²) in [6.45, 7) is 0. The molecule has 0 fully saturated rings. The lowest BCUT2D eigenvalue weighted by Gasteiger charge is -2.11. The van der Waals surface area contributed by atoms with Gasteiger partial charge in [0.2, 0.25) is 0 Å². The van der Waals surface area contributed by atoms with Crippen LogP contribution >= 0.6 is 27.3 Å². The van der Waals surface area contributed by atoms with E-state index in [1.54, 1.807) is 6.07 Å². The molecule has 0 spiro atoms. The average molecular weight is 323 g/mol. The minimum Gasteiger partial charge on any atom is -0.375 e. The lowest BCUT2D eigenvalue weighted by Crippen LogP contribution is -2.06. The highest BCUT2D eigenvalue weighted by Crippen LogP contribution is 2.40. The van der Waals surface area contributed by atoms with E-state index in [1.165, 1.54) is 12.3 Å². The van der Waals surface area contributed by atoms with Gasteiger partial charge in [-0.2, -0.15) is 13.2 Å². The summed E-state index contributed by atoms with van der Waals surface area (Å²) in [5, 5.41) is 0.246. The van der Waals surface area contributed by atoms with Crippen LogP contribution in [0.2, 0.25) is 0 Å². The Bertz CT molecular complexity index is 551. The van der Waals surface area contributed by atoms with Crippen molar-refractivity contribution in [1.82, 2.24) is 4.98 Å². The molecule has 0 unspecified atom stereocenters. The zero-order chi connectivity index (χ0) is 12.6. The number of hydrogen-bond donors (Lipinski definition) is 1.